The van der Waals surface area contributed by atoms with Gasteiger partial charge in [0, 0.05) is 13.1 Å². The van der Waals surface area contributed by atoms with Crippen LogP contribution < -0.4 is 0 Å². The smallest absolute Gasteiger partial charge is 0.410 e. The number of ether oxygens (including phenoxy) is 1. The van der Waals surface area contributed by atoms with E-state index >= 15 is 0 Å². The minimum atomic E-state index is -0.984. The standard InChI is InChI=1S/C18H22N2O5/c21-16(19-10-5-9-15(19)17(22)23)14-8-4-11-20(14)18(24)25-12-13-6-2-1-3-7-13/h1-3,6-7,14-15H,4-5,8-12H2,(H,22,23)/t14-,15-/m1/s1. The van der Waals surface area contributed by atoms with Gasteiger partial charge >= 0.3 is 12.1 Å². The maximum absolute atomic E-state index is 12.8. The van der Waals surface area contributed by atoms with Crippen molar-refractivity contribution in [2.24, 2.45) is 0 Å². The molecule has 0 aromatic heterocycles. The van der Waals surface area contributed by atoms with Gasteiger partial charge in [-0.25, -0.2) is 9.59 Å². The molecular formula is C18H22N2O5. The molecule has 2 aliphatic heterocycles. The lowest BCUT2D eigenvalue weighted by Crippen LogP contribution is -2.51. The van der Waals surface area contributed by atoms with Gasteiger partial charge in [-0.2, -0.15) is 0 Å². The second-order valence-electron chi connectivity index (χ2n) is 6.42. The molecule has 25 heavy (non-hydrogen) atoms. The van der Waals surface area contributed by atoms with Gasteiger partial charge in [-0.05, 0) is 31.2 Å². The number of carbonyl (C=O) groups excluding carboxylic acids is 2. The lowest BCUT2D eigenvalue weighted by molar-refractivity contribution is -0.149. The van der Waals surface area contributed by atoms with Crippen molar-refractivity contribution in [2.75, 3.05) is 13.1 Å². The van der Waals surface area contributed by atoms with Gasteiger partial charge in [0.05, 0.1) is 0 Å². The Morgan fingerprint density at radius 3 is 2.32 bits per heavy atom. The fourth-order valence-electron chi connectivity index (χ4n) is 3.52. The number of aliphatic carboxylic acids is 1. The van der Waals surface area contributed by atoms with Crippen LogP contribution in [0.3, 0.4) is 0 Å². The molecule has 0 unspecified atom stereocenters. The molecule has 2 heterocycles. The summed E-state index contributed by atoms with van der Waals surface area (Å²) in [6.45, 7) is 1.04. The van der Waals surface area contributed by atoms with Gasteiger partial charge in [0.2, 0.25) is 5.91 Å². The fourth-order valence-corrected chi connectivity index (χ4v) is 3.52. The molecule has 7 heteroatoms. The maximum Gasteiger partial charge on any atom is 0.410 e. The van der Waals surface area contributed by atoms with E-state index < -0.39 is 24.1 Å². The summed E-state index contributed by atoms with van der Waals surface area (Å²) in [6.07, 6.45) is 1.87. The van der Waals surface area contributed by atoms with Crippen molar-refractivity contribution in [2.45, 2.75) is 44.4 Å². The Bertz CT molecular complexity index is 648. The second kappa shape index (κ2) is 7.55. The summed E-state index contributed by atoms with van der Waals surface area (Å²) < 4.78 is 5.33. The van der Waals surface area contributed by atoms with Crippen molar-refractivity contribution in [1.29, 1.82) is 0 Å². The maximum atomic E-state index is 12.8. The van der Waals surface area contributed by atoms with Crippen LogP contribution in [0, 0.1) is 0 Å². The molecule has 7 nitrogen and oxygen atoms in total. The van der Waals surface area contributed by atoms with E-state index in [4.69, 9.17) is 4.74 Å². The number of carboxylic acid groups (broad SMARTS) is 1. The van der Waals surface area contributed by atoms with Crippen LogP contribution in [0.1, 0.15) is 31.2 Å². The van der Waals surface area contributed by atoms with Crippen molar-refractivity contribution in [1.82, 2.24) is 9.80 Å². The number of carboxylic acids is 1. The number of nitrogens with zero attached hydrogens (tertiary/aromatic N) is 2. The summed E-state index contributed by atoms with van der Waals surface area (Å²) in [5.41, 5.74) is 0.878. The second-order valence-corrected chi connectivity index (χ2v) is 6.42. The van der Waals surface area contributed by atoms with E-state index in [9.17, 15) is 19.5 Å². The third-order valence-corrected chi connectivity index (χ3v) is 4.80. The highest BCUT2D eigenvalue weighted by Crippen LogP contribution is 2.25. The molecule has 2 saturated heterocycles. The van der Waals surface area contributed by atoms with Crippen LogP contribution in [-0.4, -0.2) is 58.0 Å². The molecule has 2 atom stereocenters. The summed E-state index contributed by atoms with van der Waals surface area (Å²) in [6, 6.07) is 7.94. The van der Waals surface area contributed by atoms with Crippen molar-refractivity contribution in [3.05, 3.63) is 35.9 Å². The fraction of sp³-hybridized carbons (Fsp3) is 0.500. The highest BCUT2D eigenvalue weighted by Gasteiger charge is 2.42. The van der Waals surface area contributed by atoms with Crippen LogP contribution >= 0.6 is 0 Å². The number of rotatable bonds is 4. The van der Waals surface area contributed by atoms with E-state index in [2.05, 4.69) is 0 Å². The van der Waals surface area contributed by atoms with Gasteiger partial charge in [0.25, 0.3) is 0 Å². The Labute approximate surface area is 146 Å². The third kappa shape index (κ3) is 3.75. The molecule has 3 rings (SSSR count). The monoisotopic (exact) mass is 346 g/mol. The topological polar surface area (TPSA) is 87.2 Å². The normalized spacial score (nSPS) is 22.9. The minimum absolute atomic E-state index is 0.151. The Morgan fingerprint density at radius 1 is 1.00 bits per heavy atom. The zero-order chi connectivity index (χ0) is 17.8. The largest absolute Gasteiger partial charge is 0.480 e. The predicted molar refractivity (Wildman–Crippen MR) is 88.7 cm³/mol. The van der Waals surface area contributed by atoms with Crippen molar-refractivity contribution in [3.8, 4) is 0 Å². The van der Waals surface area contributed by atoms with Gasteiger partial charge in [-0.3, -0.25) is 9.69 Å². The van der Waals surface area contributed by atoms with Crippen LogP contribution in [0.25, 0.3) is 0 Å². The highest BCUT2D eigenvalue weighted by atomic mass is 16.6. The Morgan fingerprint density at radius 2 is 1.64 bits per heavy atom. The molecular weight excluding hydrogens is 324 g/mol. The number of likely N-dealkylation sites (tertiary alicyclic amines) is 2. The van der Waals surface area contributed by atoms with Crippen LogP contribution in [-0.2, 0) is 20.9 Å². The average molecular weight is 346 g/mol. The minimum Gasteiger partial charge on any atom is -0.480 e. The van der Waals surface area contributed by atoms with Crippen molar-refractivity contribution < 1.29 is 24.2 Å². The number of amides is 2. The number of carbonyl (C=O) groups is 3. The van der Waals surface area contributed by atoms with Crippen LogP contribution in [0.4, 0.5) is 4.79 Å². The molecule has 0 aliphatic carbocycles. The van der Waals surface area contributed by atoms with Crippen LogP contribution in [0.2, 0.25) is 0 Å². The van der Waals surface area contributed by atoms with E-state index in [1.807, 2.05) is 30.3 Å². The van der Waals surface area contributed by atoms with E-state index in [0.717, 1.165) is 5.56 Å². The average Bonchev–Trinajstić information content (AvgIpc) is 3.29. The Balaban J connectivity index is 1.62. The van der Waals surface area contributed by atoms with Gasteiger partial charge < -0.3 is 14.7 Å². The molecule has 0 saturated carbocycles. The molecule has 2 amide bonds. The molecule has 1 aromatic carbocycles. The Hall–Kier alpha value is -2.57. The van der Waals surface area contributed by atoms with E-state index in [1.54, 1.807) is 0 Å². The first kappa shape index (κ1) is 17.3. The summed E-state index contributed by atoms with van der Waals surface area (Å²) >= 11 is 0. The molecule has 0 spiro atoms. The van der Waals surface area contributed by atoms with E-state index in [-0.39, 0.29) is 12.5 Å². The number of benzene rings is 1. The molecule has 0 radical (unpaired) electrons. The zero-order valence-corrected chi connectivity index (χ0v) is 14.0. The summed E-state index contributed by atoms with van der Waals surface area (Å²) in [7, 11) is 0. The molecule has 0 bridgehead atoms. The lowest BCUT2D eigenvalue weighted by Gasteiger charge is -2.29. The van der Waals surface area contributed by atoms with Crippen LogP contribution in [0.5, 0.6) is 0 Å². The Kier molecular flexibility index (Phi) is 5.21. The molecule has 1 N–H and O–H groups in total. The van der Waals surface area contributed by atoms with Gasteiger partial charge in [0.15, 0.2) is 0 Å². The first-order valence-corrected chi connectivity index (χ1v) is 8.58. The molecule has 134 valence electrons. The summed E-state index contributed by atoms with van der Waals surface area (Å²) in [5.74, 6) is -1.26. The highest BCUT2D eigenvalue weighted by molar-refractivity contribution is 5.90. The lowest BCUT2D eigenvalue weighted by atomic mass is 10.1. The first-order valence-electron chi connectivity index (χ1n) is 8.58. The molecule has 2 fully saturated rings. The number of hydrogen-bond acceptors (Lipinski definition) is 4. The molecule has 1 aromatic rings. The third-order valence-electron chi connectivity index (χ3n) is 4.80. The van der Waals surface area contributed by atoms with Crippen molar-refractivity contribution in [3.63, 3.8) is 0 Å². The first-order chi connectivity index (χ1) is 12.1. The number of hydrogen-bond donors (Lipinski definition) is 1. The SMILES string of the molecule is O=C(O)[C@H]1CCCN1C(=O)[C@H]1CCCN1C(=O)OCc1ccccc1. The van der Waals surface area contributed by atoms with Gasteiger partial charge in [-0.15, -0.1) is 0 Å². The zero-order valence-electron chi connectivity index (χ0n) is 14.0. The summed E-state index contributed by atoms with van der Waals surface area (Å²) in [4.78, 5) is 39.3. The quantitative estimate of drug-likeness (QED) is 0.899. The van der Waals surface area contributed by atoms with E-state index in [1.165, 1.54) is 9.80 Å². The van der Waals surface area contributed by atoms with Gasteiger partial charge in [0.1, 0.15) is 18.7 Å². The predicted octanol–water partition coefficient (Wildman–Crippen LogP) is 1.86. The van der Waals surface area contributed by atoms with E-state index in [0.29, 0.717) is 38.8 Å². The molecule has 2 aliphatic rings. The summed E-state index contributed by atoms with van der Waals surface area (Å²) in [5, 5.41) is 9.26. The van der Waals surface area contributed by atoms with Gasteiger partial charge in [-0.1, -0.05) is 30.3 Å². The van der Waals surface area contributed by atoms with Crippen LogP contribution in [0.15, 0.2) is 30.3 Å². The van der Waals surface area contributed by atoms with Crippen molar-refractivity contribution >= 4 is 18.0 Å².